The van der Waals surface area contributed by atoms with Crippen molar-refractivity contribution < 1.29 is 19.0 Å². The summed E-state index contributed by atoms with van der Waals surface area (Å²) in [4.78, 5) is 14.7. The molecule has 8 nitrogen and oxygen atoms in total. The molecule has 0 saturated carbocycles. The number of fused-ring (bicyclic) bond motifs is 1. The van der Waals surface area contributed by atoms with Crippen LogP contribution in [0, 0.1) is 5.92 Å². The first-order valence-corrected chi connectivity index (χ1v) is 9.11. The quantitative estimate of drug-likeness (QED) is 0.800. The number of piperidine rings is 1. The van der Waals surface area contributed by atoms with E-state index in [0.29, 0.717) is 33.0 Å². The lowest BCUT2D eigenvalue weighted by Crippen LogP contribution is -2.53. The highest BCUT2D eigenvalue weighted by Gasteiger charge is 2.42. The largest absolute Gasteiger partial charge is 0.381 e. The van der Waals surface area contributed by atoms with Gasteiger partial charge in [-0.05, 0) is 25.7 Å². The Balaban J connectivity index is 1.37. The Morgan fingerprint density at radius 2 is 2.08 bits per heavy atom. The zero-order chi connectivity index (χ0) is 17.3. The maximum atomic E-state index is 12.7. The van der Waals surface area contributed by atoms with Gasteiger partial charge in [-0.1, -0.05) is 5.21 Å². The van der Waals surface area contributed by atoms with Crippen LogP contribution in [0.25, 0.3) is 0 Å². The van der Waals surface area contributed by atoms with Gasteiger partial charge in [0.25, 0.3) is 0 Å². The van der Waals surface area contributed by atoms with Crippen molar-refractivity contribution in [3.8, 4) is 0 Å². The summed E-state index contributed by atoms with van der Waals surface area (Å²) in [5, 5.41) is 8.47. The molecule has 3 aliphatic heterocycles. The molecule has 0 radical (unpaired) electrons. The topological polar surface area (TPSA) is 78.7 Å². The van der Waals surface area contributed by atoms with E-state index in [1.54, 1.807) is 7.11 Å². The molecule has 2 saturated heterocycles. The highest BCUT2D eigenvalue weighted by atomic mass is 16.5. The molecule has 1 spiro atoms. The van der Waals surface area contributed by atoms with Crippen molar-refractivity contribution in [1.82, 2.24) is 19.9 Å². The van der Waals surface area contributed by atoms with Crippen molar-refractivity contribution in [3.05, 3.63) is 11.4 Å². The van der Waals surface area contributed by atoms with Gasteiger partial charge in [0.05, 0.1) is 31.1 Å². The number of rotatable bonds is 3. The van der Waals surface area contributed by atoms with Crippen LogP contribution in [0.3, 0.4) is 0 Å². The molecule has 0 atom stereocenters. The predicted molar refractivity (Wildman–Crippen MR) is 87.6 cm³/mol. The molecule has 2 fully saturated rings. The van der Waals surface area contributed by atoms with Crippen LogP contribution in [0.2, 0.25) is 0 Å². The average molecular weight is 350 g/mol. The first-order chi connectivity index (χ1) is 12.2. The van der Waals surface area contributed by atoms with E-state index < -0.39 is 0 Å². The molecule has 0 N–H and O–H groups in total. The van der Waals surface area contributed by atoms with Crippen molar-refractivity contribution in [2.24, 2.45) is 5.92 Å². The highest BCUT2D eigenvalue weighted by Crippen LogP contribution is 2.34. The summed E-state index contributed by atoms with van der Waals surface area (Å²) >= 11 is 0. The van der Waals surface area contributed by atoms with E-state index in [9.17, 15) is 4.79 Å². The van der Waals surface area contributed by atoms with E-state index in [1.165, 1.54) is 0 Å². The first kappa shape index (κ1) is 16.9. The average Bonchev–Trinajstić information content (AvgIpc) is 3.05. The second-order valence-electron chi connectivity index (χ2n) is 7.26. The molecule has 138 valence electrons. The Morgan fingerprint density at radius 1 is 1.32 bits per heavy atom. The van der Waals surface area contributed by atoms with Crippen LogP contribution in [0.15, 0.2) is 0 Å². The van der Waals surface area contributed by atoms with Gasteiger partial charge in [0.2, 0.25) is 5.91 Å². The monoisotopic (exact) mass is 350 g/mol. The molecule has 0 unspecified atom stereocenters. The number of carbonyl (C=O) groups is 1. The van der Waals surface area contributed by atoms with E-state index in [4.69, 9.17) is 14.2 Å². The van der Waals surface area contributed by atoms with Crippen molar-refractivity contribution >= 4 is 5.91 Å². The van der Waals surface area contributed by atoms with Crippen molar-refractivity contribution in [1.29, 1.82) is 0 Å². The third kappa shape index (κ3) is 3.30. The van der Waals surface area contributed by atoms with Crippen LogP contribution in [0.1, 0.15) is 37.1 Å². The molecular formula is C17H26N4O4. The summed E-state index contributed by atoms with van der Waals surface area (Å²) in [5.74, 6) is 0.423. The molecule has 1 amide bonds. The summed E-state index contributed by atoms with van der Waals surface area (Å²) in [6, 6.07) is 0. The Morgan fingerprint density at radius 3 is 2.80 bits per heavy atom. The van der Waals surface area contributed by atoms with Crippen LogP contribution >= 0.6 is 0 Å². The van der Waals surface area contributed by atoms with Crippen LogP contribution in [0.4, 0.5) is 0 Å². The number of carbonyl (C=O) groups excluding carboxylic acids is 1. The van der Waals surface area contributed by atoms with Gasteiger partial charge in [-0.2, -0.15) is 0 Å². The van der Waals surface area contributed by atoms with E-state index in [0.717, 1.165) is 50.2 Å². The zero-order valence-corrected chi connectivity index (χ0v) is 14.8. The Labute approximate surface area is 147 Å². The minimum atomic E-state index is -0.225. The smallest absolute Gasteiger partial charge is 0.225 e. The molecule has 3 aliphatic rings. The molecule has 0 aliphatic carbocycles. The fourth-order valence-electron chi connectivity index (χ4n) is 4.08. The first-order valence-electron chi connectivity index (χ1n) is 9.11. The van der Waals surface area contributed by atoms with Gasteiger partial charge in [0, 0.05) is 39.3 Å². The number of hydrogen-bond donors (Lipinski definition) is 0. The molecule has 25 heavy (non-hydrogen) atoms. The third-order valence-corrected chi connectivity index (χ3v) is 5.71. The molecule has 0 bridgehead atoms. The Kier molecular flexibility index (Phi) is 4.75. The standard InChI is InChI=1S/C17H26N4O4/c1-23-10-14-15-11-25-17(12-21(15)19-18-14)4-6-20(7-5-17)16(22)13-2-8-24-9-3-13/h13H,2-12H2,1H3. The summed E-state index contributed by atoms with van der Waals surface area (Å²) in [5.41, 5.74) is 1.63. The van der Waals surface area contributed by atoms with Gasteiger partial charge in [0.1, 0.15) is 5.69 Å². The SMILES string of the molecule is COCc1nnn2c1COC1(CCN(C(=O)C3CCOCC3)CC1)C2. The van der Waals surface area contributed by atoms with E-state index in [2.05, 4.69) is 10.3 Å². The van der Waals surface area contributed by atoms with Crippen LogP contribution in [0.5, 0.6) is 0 Å². The van der Waals surface area contributed by atoms with Crippen LogP contribution < -0.4 is 0 Å². The van der Waals surface area contributed by atoms with Gasteiger partial charge in [0.15, 0.2) is 0 Å². The minimum Gasteiger partial charge on any atom is -0.381 e. The van der Waals surface area contributed by atoms with Crippen molar-refractivity contribution in [3.63, 3.8) is 0 Å². The Bertz CT molecular complexity index is 618. The van der Waals surface area contributed by atoms with Gasteiger partial charge >= 0.3 is 0 Å². The van der Waals surface area contributed by atoms with Crippen LogP contribution in [-0.4, -0.2) is 64.8 Å². The van der Waals surface area contributed by atoms with Crippen molar-refractivity contribution in [2.45, 2.75) is 51.0 Å². The number of methoxy groups -OCH3 is 1. The van der Waals surface area contributed by atoms with Gasteiger partial charge in [-0.3, -0.25) is 4.79 Å². The van der Waals surface area contributed by atoms with E-state index in [1.807, 2.05) is 9.58 Å². The fraction of sp³-hybridized carbons (Fsp3) is 0.824. The summed E-state index contributed by atoms with van der Waals surface area (Å²) < 4.78 is 18.7. The molecule has 1 aromatic rings. The third-order valence-electron chi connectivity index (χ3n) is 5.71. The minimum absolute atomic E-state index is 0.133. The maximum absolute atomic E-state index is 12.7. The molecular weight excluding hydrogens is 324 g/mol. The fourth-order valence-corrected chi connectivity index (χ4v) is 4.08. The summed E-state index contributed by atoms with van der Waals surface area (Å²) in [7, 11) is 1.65. The highest BCUT2D eigenvalue weighted by molar-refractivity contribution is 5.79. The number of aromatic nitrogens is 3. The number of amides is 1. The Hall–Kier alpha value is -1.51. The maximum Gasteiger partial charge on any atom is 0.225 e. The number of nitrogens with zero attached hydrogens (tertiary/aromatic N) is 4. The normalized spacial score (nSPS) is 23.6. The predicted octanol–water partition coefficient (Wildman–Crippen LogP) is 0.742. The van der Waals surface area contributed by atoms with E-state index >= 15 is 0 Å². The summed E-state index contributed by atoms with van der Waals surface area (Å²) in [6.07, 6.45) is 3.39. The van der Waals surface area contributed by atoms with E-state index in [-0.39, 0.29) is 17.4 Å². The van der Waals surface area contributed by atoms with Gasteiger partial charge in [-0.15, -0.1) is 5.10 Å². The molecule has 1 aromatic heterocycles. The van der Waals surface area contributed by atoms with Crippen molar-refractivity contribution in [2.75, 3.05) is 33.4 Å². The number of hydrogen-bond acceptors (Lipinski definition) is 6. The van der Waals surface area contributed by atoms with Crippen LogP contribution in [-0.2, 0) is 38.8 Å². The lowest BCUT2D eigenvalue weighted by atomic mass is 9.88. The molecule has 0 aromatic carbocycles. The lowest BCUT2D eigenvalue weighted by molar-refractivity contribution is -0.151. The number of ether oxygens (including phenoxy) is 3. The molecule has 4 rings (SSSR count). The second-order valence-corrected chi connectivity index (χ2v) is 7.26. The molecule has 4 heterocycles. The number of likely N-dealkylation sites (tertiary alicyclic amines) is 1. The van der Waals surface area contributed by atoms with Gasteiger partial charge in [-0.25, -0.2) is 4.68 Å². The summed E-state index contributed by atoms with van der Waals surface area (Å²) in [6.45, 7) is 4.60. The lowest BCUT2D eigenvalue weighted by Gasteiger charge is -2.44. The molecule has 8 heteroatoms. The second kappa shape index (κ2) is 7.01. The zero-order valence-electron chi connectivity index (χ0n) is 14.8. The van der Waals surface area contributed by atoms with Gasteiger partial charge < -0.3 is 19.1 Å².